The minimum atomic E-state index is -0.325. The van der Waals surface area contributed by atoms with Crippen molar-refractivity contribution in [2.75, 3.05) is 0 Å². The van der Waals surface area contributed by atoms with Crippen LogP contribution in [0.15, 0.2) is 18.2 Å². The first-order chi connectivity index (χ1) is 8.11. The Kier molecular flexibility index (Phi) is 3.66. The molecular weight excluding hydrogens is 253 g/mol. The predicted octanol–water partition coefficient (Wildman–Crippen LogP) is 4.96. The van der Waals surface area contributed by atoms with E-state index in [-0.39, 0.29) is 5.41 Å². The van der Waals surface area contributed by atoms with Gasteiger partial charge in [-0.05, 0) is 36.5 Å². The first-order valence-electron chi connectivity index (χ1n) is 5.98. The van der Waals surface area contributed by atoms with Gasteiger partial charge in [0.2, 0.25) is 0 Å². The molecule has 90 valence electrons. The van der Waals surface area contributed by atoms with Crippen LogP contribution in [0, 0.1) is 17.2 Å². The second kappa shape index (κ2) is 4.88. The van der Waals surface area contributed by atoms with Gasteiger partial charge >= 0.3 is 0 Å². The van der Waals surface area contributed by atoms with Gasteiger partial charge in [0.1, 0.15) is 0 Å². The molecule has 0 atom stereocenters. The highest BCUT2D eigenvalue weighted by Gasteiger charge is 2.45. The molecule has 0 aromatic heterocycles. The summed E-state index contributed by atoms with van der Waals surface area (Å²) in [6.07, 6.45) is 4.31. The fraction of sp³-hybridized carbons (Fsp3) is 0.500. The number of nitriles is 1. The monoisotopic (exact) mass is 267 g/mol. The van der Waals surface area contributed by atoms with Crippen LogP contribution in [0.5, 0.6) is 0 Å². The maximum Gasteiger partial charge on any atom is 0.0828 e. The Bertz CT molecular complexity index is 456. The maximum atomic E-state index is 9.41. The van der Waals surface area contributed by atoms with Gasteiger partial charge < -0.3 is 0 Å². The lowest BCUT2D eigenvalue weighted by atomic mass is 9.58. The van der Waals surface area contributed by atoms with Crippen LogP contribution in [-0.4, -0.2) is 0 Å². The Balaban J connectivity index is 2.21. The molecule has 1 aliphatic rings. The second-order valence-corrected chi connectivity index (χ2v) is 5.70. The third-order valence-corrected chi connectivity index (χ3v) is 4.40. The van der Waals surface area contributed by atoms with Crippen LogP contribution < -0.4 is 0 Å². The van der Waals surface area contributed by atoms with E-state index in [1.54, 1.807) is 6.07 Å². The van der Waals surface area contributed by atoms with Crippen molar-refractivity contribution in [1.29, 1.82) is 5.26 Å². The number of benzene rings is 1. The molecule has 3 heteroatoms. The Labute approximate surface area is 112 Å². The summed E-state index contributed by atoms with van der Waals surface area (Å²) in [4.78, 5) is 0. The molecule has 0 amide bonds. The summed E-state index contributed by atoms with van der Waals surface area (Å²) in [6, 6.07) is 8.02. The Morgan fingerprint density at radius 3 is 2.59 bits per heavy atom. The van der Waals surface area contributed by atoms with Gasteiger partial charge in [-0.3, -0.25) is 0 Å². The number of rotatable bonds is 3. The highest BCUT2D eigenvalue weighted by atomic mass is 35.5. The van der Waals surface area contributed by atoms with E-state index in [0.29, 0.717) is 16.0 Å². The number of hydrogen-bond acceptors (Lipinski definition) is 1. The summed E-state index contributed by atoms with van der Waals surface area (Å²) >= 11 is 11.9. The van der Waals surface area contributed by atoms with Crippen molar-refractivity contribution in [1.82, 2.24) is 0 Å². The second-order valence-electron chi connectivity index (χ2n) is 4.89. The molecule has 0 unspecified atom stereocenters. The van der Waals surface area contributed by atoms with Crippen LogP contribution in [0.3, 0.4) is 0 Å². The van der Waals surface area contributed by atoms with E-state index in [9.17, 15) is 5.26 Å². The molecule has 1 aromatic rings. The van der Waals surface area contributed by atoms with Gasteiger partial charge in [0.15, 0.2) is 0 Å². The summed E-state index contributed by atoms with van der Waals surface area (Å²) < 4.78 is 0. The summed E-state index contributed by atoms with van der Waals surface area (Å²) in [5, 5.41) is 10.5. The van der Waals surface area contributed by atoms with E-state index >= 15 is 0 Å². The lowest BCUT2D eigenvalue weighted by Crippen LogP contribution is -2.39. The zero-order chi connectivity index (χ0) is 12.5. The van der Waals surface area contributed by atoms with E-state index in [0.717, 1.165) is 18.4 Å². The largest absolute Gasteiger partial charge is 0.197 e. The van der Waals surface area contributed by atoms with Gasteiger partial charge in [-0.1, -0.05) is 49.0 Å². The van der Waals surface area contributed by atoms with Crippen LogP contribution in [-0.2, 0) is 5.41 Å². The zero-order valence-electron chi connectivity index (χ0n) is 9.84. The van der Waals surface area contributed by atoms with Gasteiger partial charge in [0, 0.05) is 0 Å². The quantitative estimate of drug-likeness (QED) is 0.759. The van der Waals surface area contributed by atoms with Gasteiger partial charge in [-0.2, -0.15) is 5.26 Å². The summed E-state index contributed by atoms with van der Waals surface area (Å²) in [7, 11) is 0. The normalized spacial score (nSPS) is 27.3. The highest BCUT2D eigenvalue weighted by Crippen LogP contribution is 2.49. The third-order valence-electron chi connectivity index (χ3n) is 3.66. The van der Waals surface area contributed by atoms with Crippen molar-refractivity contribution in [3.63, 3.8) is 0 Å². The number of hydrogen-bond donors (Lipinski definition) is 0. The molecule has 1 aliphatic carbocycles. The van der Waals surface area contributed by atoms with Gasteiger partial charge in [0.05, 0.1) is 21.5 Å². The van der Waals surface area contributed by atoms with Gasteiger partial charge in [0.25, 0.3) is 0 Å². The highest BCUT2D eigenvalue weighted by molar-refractivity contribution is 6.42. The van der Waals surface area contributed by atoms with E-state index in [1.165, 1.54) is 12.8 Å². The topological polar surface area (TPSA) is 23.8 Å². The molecule has 0 spiro atoms. The molecule has 0 aliphatic heterocycles. The summed E-state index contributed by atoms with van der Waals surface area (Å²) in [5.74, 6) is 0.689. The van der Waals surface area contributed by atoms with Crippen molar-refractivity contribution < 1.29 is 0 Å². The molecule has 1 nitrogen and oxygen atoms in total. The van der Waals surface area contributed by atoms with E-state index in [1.807, 2.05) is 12.1 Å². The average molecular weight is 268 g/mol. The molecule has 0 heterocycles. The zero-order valence-corrected chi connectivity index (χ0v) is 11.4. The molecule has 0 N–H and O–H groups in total. The molecule has 17 heavy (non-hydrogen) atoms. The minimum absolute atomic E-state index is 0.325. The van der Waals surface area contributed by atoms with Crippen LogP contribution in [0.25, 0.3) is 0 Å². The van der Waals surface area contributed by atoms with Gasteiger partial charge in [-0.25, -0.2) is 0 Å². The molecule has 0 radical (unpaired) electrons. The van der Waals surface area contributed by atoms with Crippen LogP contribution in [0.4, 0.5) is 0 Å². The Morgan fingerprint density at radius 1 is 1.35 bits per heavy atom. The van der Waals surface area contributed by atoms with Gasteiger partial charge in [-0.15, -0.1) is 0 Å². The molecule has 1 aromatic carbocycles. The van der Waals surface area contributed by atoms with E-state index < -0.39 is 0 Å². The average Bonchev–Trinajstić information content (AvgIpc) is 2.27. The lowest BCUT2D eigenvalue weighted by molar-refractivity contribution is 0.184. The smallest absolute Gasteiger partial charge is 0.0828 e. The summed E-state index contributed by atoms with van der Waals surface area (Å²) in [6.45, 7) is 2.19. The van der Waals surface area contributed by atoms with Crippen LogP contribution in [0.1, 0.15) is 38.2 Å². The van der Waals surface area contributed by atoms with E-state index in [2.05, 4.69) is 13.0 Å². The van der Waals surface area contributed by atoms with Crippen molar-refractivity contribution >= 4 is 23.2 Å². The first kappa shape index (κ1) is 12.7. The predicted molar refractivity (Wildman–Crippen MR) is 71.4 cm³/mol. The third kappa shape index (κ3) is 2.30. The standard InChI is InChI=1S/C14H15Cl2N/c1-2-3-10-7-14(8-10,9-17)11-4-5-12(15)13(16)6-11/h4-6,10H,2-3,7-8H2,1H3. The fourth-order valence-electron chi connectivity index (χ4n) is 2.72. The lowest BCUT2D eigenvalue weighted by Gasteiger charge is -2.43. The Morgan fingerprint density at radius 2 is 2.06 bits per heavy atom. The molecule has 0 bridgehead atoms. The van der Waals surface area contributed by atoms with Crippen molar-refractivity contribution in [2.24, 2.45) is 5.92 Å². The Hall–Kier alpha value is -0.710. The number of halogens is 2. The van der Waals surface area contributed by atoms with Crippen molar-refractivity contribution in [3.8, 4) is 6.07 Å². The first-order valence-corrected chi connectivity index (χ1v) is 6.73. The molecular formula is C14H15Cl2N. The van der Waals surface area contributed by atoms with E-state index in [4.69, 9.17) is 23.2 Å². The fourth-order valence-corrected chi connectivity index (χ4v) is 3.02. The summed E-state index contributed by atoms with van der Waals surface area (Å²) in [5.41, 5.74) is 0.690. The number of nitrogens with zero attached hydrogens (tertiary/aromatic N) is 1. The van der Waals surface area contributed by atoms with Crippen LogP contribution in [0.2, 0.25) is 10.0 Å². The SMILES string of the molecule is CCCC1CC(C#N)(c2ccc(Cl)c(Cl)c2)C1. The maximum absolute atomic E-state index is 9.41. The molecule has 0 saturated heterocycles. The molecule has 1 saturated carbocycles. The minimum Gasteiger partial charge on any atom is -0.197 e. The molecule has 2 rings (SSSR count). The van der Waals surface area contributed by atoms with Crippen molar-refractivity contribution in [2.45, 2.75) is 38.0 Å². The van der Waals surface area contributed by atoms with Crippen LogP contribution >= 0.6 is 23.2 Å². The molecule has 1 fully saturated rings. The van der Waals surface area contributed by atoms with Crippen molar-refractivity contribution in [3.05, 3.63) is 33.8 Å².